The van der Waals surface area contributed by atoms with E-state index in [2.05, 4.69) is 24.5 Å². The SMILES string of the molecule is CCCNC(=O)NCC(C)(C)CCN. The first-order chi connectivity index (χ1) is 6.52. The second kappa shape index (κ2) is 6.65. The van der Waals surface area contributed by atoms with E-state index in [0.717, 1.165) is 19.4 Å². The topological polar surface area (TPSA) is 67.2 Å². The molecular weight excluding hydrogens is 178 g/mol. The van der Waals surface area contributed by atoms with Gasteiger partial charge in [0.2, 0.25) is 0 Å². The van der Waals surface area contributed by atoms with E-state index in [1.54, 1.807) is 0 Å². The third kappa shape index (κ3) is 6.71. The lowest BCUT2D eigenvalue weighted by atomic mass is 9.89. The number of amides is 2. The summed E-state index contributed by atoms with van der Waals surface area (Å²) in [6.07, 6.45) is 1.88. The Balaban J connectivity index is 3.64. The van der Waals surface area contributed by atoms with Crippen molar-refractivity contribution < 1.29 is 4.79 Å². The van der Waals surface area contributed by atoms with Crippen molar-refractivity contribution in [2.24, 2.45) is 11.1 Å². The van der Waals surface area contributed by atoms with E-state index in [4.69, 9.17) is 5.73 Å². The van der Waals surface area contributed by atoms with Crippen LogP contribution in [0.2, 0.25) is 0 Å². The number of carbonyl (C=O) groups excluding carboxylic acids is 1. The zero-order valence-corrected chi connectivity index (χ0v) is 9.52. The summed E-state index contributed by atoms with van der Waals surface area (Å²) in [6, 6.07) is -0.0862. The summed E-state index contributed by atoms with van der Waals surface area (Å²) in [5.74, 6) is 0. The minimum atomic E-state index is -0.0862. The number of nitrogens with two attached hydrogens (primary N) is 1. The van der Waals surface area contributed by atoms with Gasteiger partial charge in [-0.3, -0.25) is 0 Å². The maximum Gasteiger partial charge on any atom is 0.314 e. The average Bonchev–Trinajstić information content (AvgIpc) is 2.11. The van der Waals surface area contributed by atoms with E-state index in [-0.39, 0.29) is 11.4 Å². The fraction of sp³-hybridized carbons (Fsp3) is 0.900. The van der Waals surface area contributed by atoms with Gasteiger partial charge in [0, 0.05) is 13.1 Å². The van der Waals surface area contributed by atoms with E-state index in [9.17, 15) is 4.79 Å². The molecule has 0 aromatic rings. The smallest absolute Gasteiger partial charge is 0.314 e. The highest BCUT2D eigenvalue weighted by molar-refractivity contribution is 5.73. The largest absolute Gasteiger partial charge is 0.338 e. The molecule has 0 fully saturated rings. The summed E-state index contributed by atoms with van der Waals surface area (Å²) in [6.45, 7) is 8.27. The predicted octanol–water partition coefficient (Wildman–Crippen LogP) is 1.07. The van der Waals surface area contributed by atoms with E-state index in [0.29, 0.717) is 13.1 Å². The van der Waals surface area contributed by atoms with E-state index < -0.39 is 0 Å². The van der Waals surface area contributed by atoms with Crippen molar-refractivity contribution in [2.75, 3.05) is 19.6 Å². The van der Waals surface area contributed by atoms with Gasteiger partial charge in [0.1, 0.15) is 0 Å². The first kappa shape index (κ1) is 13.2. The minimum absolute atomic E-state index is 0.0817. The molecule has 0 spiro atoms. The van der Waals surface area contributed by atoms with Gasteiger partial charge in [-0.2, -0.15) is 0 Å². The molecule has 0 unspecified atom stereocenters. The zero-order chi connectivity index (χ0) is 11.0. The van der Waals surface area contributed by atoms with Gasteiger partial charge >= 0.3 is 6.03 Å². The predicted molar refractivity (Wildman–Crippen MR) is 59.1 cm³/mol. The highest BCUT2D eigenvalue weighted by Gasteiger charge is 2.17. The summed E-state index contributed by atoms with van der Waals surface area (Å²) in [5, 5.41) is 5.60. The fourth-order valence-electron chi connectivity index (χ4n) is 1.10. The Morgan fingerprint density at radius 2 is 2.00 bits per heavy atom. The Kier molecular flexibility index (Phi) is 6.28. The Morgan fingerprint density at radius 3 is 2.50 bits per heavy atom. The van der Waals surface area contributed by atoms with Gasteiger partial charge in [-0.1, -0.05) is 20.8 Å². The number of carbonyl (C=O) groups is 1. The number of hydrogen-bond donors (Lipinski definition) is 3. The van der Waals surface area contributed by atoms with Crippen LogP contribution < -0.4 is 16.4 Å². The number of urea groups is 1. The van der Waals surface area contributed by atoms with Crippen LogP contribution in [0.15, 0.2) is 0 Å². The van der Waals surface area contributed by atoms with Crippen molar-refractivity contribution in [3.63, 3.8) is 0 Å². The third-order valence-corrected chi connectivity index (χ3v) is 2.08. The summed E-state index contributed by atoms with van der Waals surface area (Å²) in [7, 11) is 0. The summed E-state index contributed by atoms with van der Waals surface area (Å²) in [4.78, 5) is 11.2. The fourth-order valence-corrected chi connectivity index (χ4v) is 1.10. The molecule has 2 amide bonds. The van der Waals surface area contributed by atoms with Gasteiger partial charge in [-0.25, -0.2) is 4.79 Å². The molecule has 0 atom stereocenters. The first-order valence-corrected chi connectivity index (χ1v) is 5.23. The van der Waals surface area contributed by atoms with Gasteiger partial charge in [-0.05, 0) is 24.8 Å². The standard InChI is InChI=1S/C10H23N3O/c1-4-7-12-9(14)13-8-10(2,3)5-6-11/h4-8,11H2,1-3H3,(H2,12,13,14). The first-order valence-electron chi connectivity index (χ1n) is 5.23. The lowest BCUT2D eigenvalue weighted by molar-refractivity contribution is 0.232. The molecule has 4 N–H and O–H groups in total. The highest BCUT2D eigenvalue weighted by atomic mass is 16.2. The van der Waals surface area contributed by atoms with Gasteiger partial charge < -0.3 is 16.4 Å². The van der Waals surface area contributed by atoms with Crippen LogP contribution in [0.3, 0.4) is 0 Å². The van der Waals surface area contributed by atoms with Crippen molar-refractivity contribution in [3.8, 4) is 0 Å². The number of hydrogen-bond acceptors (Lipinski definition) is 2. The van der Waals surface area contributed by atoms with E-state index >= 15 is 0 Å². The van der Waals surface area contributed by atoms with Crippen LogP contribution in [0.1, 0.15) is 33.6 Å². The maximum absolute atomic E-state index is 11.2. The van der Waals surface area contributed by atoms with Crippen LogP contribution >= 0.6 is 0 Å². The van der Waals surface area contributed by atoms with Crippen molar-refractivity contribution in [3.05, 3.63) is 0 Å². The summed E-state index contributed by atoms with van der Waals surface area (Å²) in [5.41, 5.74) is 5.55. The molecule has 14 heavy (non-hydrogen) atoms. The normalized spacial score (nSPS) is 11.1. The highest BCUT2D eigenvalue weighted by Crippen LogP contribution is 2.17. The van der Waals surface area contributed by atoms with Crippen LogP contribution in [-0.4, -0.2) is 25.7 Å². The Labute approximate surface area is 86.6 Å². The molecule has 0 saturated heterocycles. The minimum Gasteiger partial charge on any atom is -0.338 e. The van der Waals surface area contributed by atoms with Crippen LogP contribution in [0.5, 0.6) is 0 Å². The van der Waals surface area contributed by atoms with Crippen molar-refractivity contribution in [1.82, 2.24) is 10.6 Å². The van der Waals surface area contributed by atoms with Gasteiger partial charge in [-0.15, -0.1) is 0 Å². The van der Waals surface area contributed by atoms with E-state index in [1.807, 2.05) is 6.92 Å². The Morgan fingerprint density at radius 1 is 1.36 bits per heavy atom. The van der Waals surface area contributed by atoms with Gasteiger partial charge in [0.05, 0.1) is 0 Å². The molecule has 4 nitrogen and oxygen atoms in total. The average molecular weight is 201 g/mol. The molecule has 4 heteroatoms. The second-order valence-corrected chi connectivity index (χ2v) is 4.31. The number of nitrogens with one attached hydrogen (secondary N) is 2. The molecule has 0 heterocycles. The van der Waals surface area contributed by atoms with Crippen LogP contribution in [0.4, 0.5) is 4.79 Å². The molecule has 0 bridgehead atoms. The molecule has 0 aromatic carbocycles. The summed E-state index contributed by atoms with van der Waals surface area (Å²) < 4.78 is 0. The van der Waals surface area contributed by atoms with E-state index in [1.165, 1.54) is 0 Å². The molecule has 0 aromatic heterocycles. The van der Waals surface area contributed by atoms with Gasteiger partial charge in [0.15, 0.2) is 0 Å². The molecule has 0 rings (SSSR count). The lowest BCUT2D eigenvalue weighted by Gasteiger charge is -2.24. The quantitative estimate of drug-likeness (QED) is 0.602. The molecule has 0 aliphatic heterocycles. The monoisotopic (exact) mass is 201 g/mol. The van der Waals surface area contributed by atoms with Crippen LogP contribution in [0, 0.1) is 5.41 Å². The lowest BCUT2D eigenvalue weighted by Crippen LogP contribution is -2.41. The van der Waals surface area contributed by atoms with Crippen molar-refractivity contribution in [1.29, 1.82) is 0 Å². The van der Waals surface area contributed by atoms with Crippen molar-refractivity contribution >= 4 is 6.03 Å². The molecular formula is C10H23N3O. The molecule has 84 valence electrons. The Bertz CT molecular complexity index is 169. The second-order valence-electron chi connectivity index (χ2n) is 4.31. The van der Waals surface area contributed by atoms with Crippen molar-refractivity contribution in [2.45, 2.75) is 33.6 Å². The molecule has 0 aliphatic carbocycles. The maximum atomic E-state index is 11.2. The van der Waals surface area contributed by atoms with Crippen LogP contribution in [-0.2, 0) is 0 Å². The zero-order valence-electron chi connectivity index (χ0n) is 9.52. The van der Waals surface area contributed by atoms with Crippen LogP contribution in [0.25, 0.3) is 0 Å². The van der Waals surface area contributed by atoms with Gasteiger partial charge in [0.25, 0.3) is 0 Å². The third-order valence-electron chi connectivity index (χ3n) is 2.08. The molecule has 0 radical (unpaired) electrons. The summed E-state index contributed by atoms with van der Waals surface area (Å²) >= 11 is 0. The molecule has 0 aliphatic rings. The number of rotatable bonds is 6. The Hall–Kier alpha value is -0.770. The molecule has 0 saturated carbocycles.